The molecule has 2 N–H and O–H groups in total. The van der Waals surface area contributed by atoms with Gasteiger partial charge in [0.1, 0.15) is 0 Å². The summed E-state index contributed by atoms with van der Waals surface area (Å²) in [6.07, 6.45) is 2.40. The quantitative estimate of drug-likeness (QED) is 0.790. The Morgan fingerprint density at radius 3 is 2.28 bits per heavy atom. The molecule has 8 heteroatoms. The number of alkyl halides is 3. The van der Waals surface area contributed by atoms with Gasteiger partial charge in [-0.15, -0.1) is 0 Å². The minimum atomic E-state index is -4.42. The minimum Gasteiger partial charge on any atom is -0.353 e. The summed E-state index contributed by atoms with van der Waals surface area (Å²) in [7, 11) is 0. The van der Waals surface area contributed by atoms with E-state index >= 15 is 0 Å². The van der Waals surface area contributed by atoms with Crippen molar-refractivity contribution in [3.8, 4) is 0 Å². The molecule has 160 valence electrons. The number of likely N-dealkylation sites (tertiary alicyclic amines) is 1. The Hall–Kier alpha value is -2.25. The van der Waals surface area contributed by atoms with Crippen molar-refractivity contribution in [2.24, 2.45) is 0 Å². The van der Waals surface area contributed by atoms with Crippen LogP contribution in [0.5, 0.6) is 0 Å². The number of benzene rings is 1. The van der Waals surface area contributed by atoms with E-state index in [1.807, 2.05) is 0 Å². The lowest BCUT2D eigenvalue weighted by molar-refractivity contribution is -0.137. The molecule has 1 heterocycles. The first kappa shape index (κ1) is 21.5. The summed E-state index contributed by atoms with van der Waals surface area (Å²) < 4.78 is 38.4. The van der Waals surface area contributed by atoms with Crippen molar-refractivity contribution in [1.29, 1.82) is 0 Å². The highest BCUT2D eigenvalue weighted by molar-refractivity contribution is 5.79. The van der Waals surface area contributed by atoms with E-state index in [0.717, 1.165) is 37.8 Å². The van der Waals surface area contributed by atoms with Crippen molar-refractivity contribution < 1.29 is 22.8 Å². The van der Waals surface area contributed by atoms with Gasteiger partial charge in [-0.25, -0.2) is 4.79 Å². The van der Waals surface area contributed by atoms with Crippen LogP contribution in [0.25, 0.3) is 0 Å². The molecule has 1 aliphatic heterocycles. The fraction of sp³-hybridized carbons (Fsp3) is 0.619. The smallest absolute Gasteiger partial charge is 0.353 e. The molecule has 0 atom stereocenters. The number of piperidine rings is 1. The maximum absolute atomic E-state index is 12.8. The zero-order valence-corrected chi connectivity index (χ0v) is 16.4. The number of urea groups is 1. The highest BCUT2D eigenvalue weighted by atomic mass is 19.4. The second-order valence-corrected chi connectivity index (χ2v) is 7.99. The molecule has 1 saturated heterocycles. The number of carbonyl (C=O) groups excluding carboxylic acids is 2. The van der Waals surface area contributed by atoms with Crippen LogP contribution in [0.3, 0.4) is 0 Å². The van der Waals surface area contributed by atoms with E-state index < -0.39 is 11.7 Å². The van der Waals surface area contributed by atoms with E-state index in [1.165, 1.54) is 18.6 Å². The Morgan fingerprint density at radius 1 is 0.966 bits per heavy atom. The molecule has 0 bridgehead atoms. The van der Waals surface area contributed by atoms with Gasteiger partial charge in [0.2, 0.25) is 5.91 Å². The SMILES string of the molecule is O=C(Cc1cccc(C(F)(F)F)c1)NC1CCN(C(=O)NC2CCCCC2)CC1. The molecule has 0 unspecified atom stereocenters. The van der Waals surface area contributed by atoms with Crippen molar-refractivity contribution >= 4 is 11.9 Å². The van der Waals surface area contributed by atoms with Crippen LogP contribution in [0.15, 0.2) is 24.3 Å². The van der Waals surface area contributed by atoms with Crippen molar-refractivity contribution in [2.45, 2.75) is 69.6 Å². The summed E-state index contributed by atoms with van der Waals surface area (Å²) in [5, 5.41) is 5.99. The van der Waals surface area contributed by atoms with E-state index in [1.54, 1.807) is 4.90 Å². The molecule has 3 rings (SSSR count). The van der Waals surface area contributed by atoms with Gasteiger partial charge in [0.25, 0.3) is 0 Å². The van der Waals surface area contributed by atoms with Crippen LogP contribution >= 0.6 is 0 Å². The lowest BCUT2D eigenvalue weighted by Crippen LogP contribution is -2.51. The third kappa shape index (κ3) is 6.37. The van der Waals surface area contributed by atoms with Crippen LogP contribution in [0.1, 0.15) is 56.1 Å². The summed E-state index contributed by atoms with van der Waals surface area (Å²) in [6, 6.07) is 5.01. The van der Waals surface area contributed by atoms with Gasteiger partial charge in [-0.3, -0.25) is 4.79 Å². The number of amides is 3. The Balaban J connectivity index is 1.42. The first-order valence-electron chi connectivity index (χ1n) is 10.3. The topological polar surface area (TPSA) is 61.4 Å². The molecular formula is C21H28F3N3O2. The molecule has 29 heavy (non-hydrogen) atoms. The number of carbonyl (C=O) groups is 2. The molecule has 5 nitrogen and oxygen atoms in total. The Kier molecular flexibility index (Phi) is 7.03. The first-order chi connectivity index (χ1) is 13.8. The summed E-state index contributed by atoms with van der Waals surface area (Å²) in [6.45, 7) is 1.13. The number of nitrogens with zero attached hydrogens (tertiary/aromatic N) is 1. The highest BCUT2D eigenvalue weighted by Crippen LogP contribution is 2.29. The van der Waals surface area contributed by atoms with Crippen LogP contribution in [0.2, 0.25) is 0 Å². The first-order valence-corrected chi connectivity index (χ1v) is 10.3. The summed E-state index contributed by atoms with van der Waals surface area (Å²) in [4.78, 5) is 26.4. The molecule has 2 aliphatic rings. The predicted octanol–water partition coefficient (Wildman–Crippen LogP) is 3.87. The molecule has 0 radical (unpaired) electrons. The molecule has 1 aromatic carbocycles. The second kappa shape index (κ2) is 9.50. The summed E-state index contributed by atoms with van der Waals surface area (Å²) in [5.41, 5.74) is -0.415. The van der Waals surface area contributed by atoms with E-state index in [2.05, 4.69) is 10.6 Å². The van der Waals surface area contributed by atoms with Crippen LogP contribution in [-0.2, 0) is 17.4 Å². The lowest BCUT2D eigenvalue weighted by Gasteiger charge is -2.34. The van der Waals surface area contributed by atoms with Crippen molar-refractivity contribution in [3.05, 3.63) is 35.4 Å². The Labute approximate surface area is 169 Å². The average molecular weight is 411 g/mol. The van der Waals surface area contributed by atoms with Gasteiger partial charge >= 0.3 is 12.2 Å². The van der Waals surface area contributed by atoms with Gasteiger partial charge in [0.05, 0.1) is 12.0 Å². The molecule has 2 fully saturated rings. The number of hydrogen-bond acceptors (Lipinski definition) is 2. The predicted molar refractivity (Wildman–Crippen MR) is 103 cm³/mol. The number of hydrogen-bond donors (Lipinski definition) is 2. The van der Waals surface area contributed by atoms with Gasteiger partial charge in [0, 0.05) is 25.2 Å². The van der Waals surface area contributed by atoms with E-state index in [-0.39, 0.29) is 30.4 Å². The van der Waals surface area contributed by atoms with Gasteiger partial charge in [-0.2, -0.15) is 13.2 Å². The average Bonchev–Trinajstić information content (AvgIpc) is 2.69. The fourth-order valence-electron chi connectivity index (χ4n) is 4.06. The maximum Gasteiger partial charge on any atom is 0.416 e. The van der Waals surface area contributed by atoms with Crippen LogP contribution in [-0.4, -0.2) is 42.0 Å². The Bertz CT molecular complexity index is 709. The number of nitrogens with one attached hydrogen (secondary N) is 2. The van der Waals surface area contributed by atoms with Crippen molar-refractivity contribution in [2.75, 3.05) is 13.1 Å². The third-order valence-corrected chi connectivity index (χ3v) is 5.70. The normalized spacial score (nSPS) is 19.1. The number of halogens is 3. The zero-order chi connectivity index (χ0) is 20.9. The van der Waals surface area contributed by atoms with Crippen molar-refractivity contribution in [1.82, 2.24) is 15.5 Å². The van der Waals surface area contributed by atoms with Gasteiger partial charge in [-0.1, -0.05) is 37.5 Å². The maximum atomic E-state index is 12.8. The molecular weight excluding hydrogens is 383 g/mol. The van der Waals surface area contributed by atoms with E-state index in [0.29, 0.717) is 31.5 Å². The van der Waals surface area contributed by atoms with Crippen LogP contribution in [0.4, 0.5) is 18.0 Å². The molecule has 0 aromatic heterocycles. The van der Waals surface area contributed by atoms with E-state index in [4.69, 9.17) is 0 Å². The number of rotatable bonds is 4. The standard InChI is InChI=1S/C21H28F3N3O2/c22-21(23,24)16-6-4-5-15(13-16)14-19(28)25-18-9-11-27(12-10-18)20(29)26-17-7-2-1-3-8-17/h4-6,13,17-18H,1-3,7-12,14H2,(H,25,28)(H,26,29). The van der Waals surface area contributed by atoms with Gasteiger partial charge in [-0.05, 0) is 37.3 Å². The molecule has 1 aliphatic carbocycles. The second-order valence-electron chi connectivity index (χ2n) is 7.99. The monoisotopic (exact) mass is 411 g/mol. The zero-order valence-electron chi connectivity index (χ0n) is 16.4. The van der Waals surface area contributed by atoms with Crippen LogP contribution in [0, 0.1) is 0 Å². The van der Waals surface area contributed by atoms with Gasteiger partial charge in [0.15, 0.2) is 0 Å². The molecule has 0 spiro atoms. The molecule has 3 amide bonds. The third-order valence-electron chi connectivity index (χ3n) is 5.70. The fourth-order valence-corrected chi connectivity index (χ4v) is 4.06. The Morgan fingerprint density at radius 2 is 1.62 bits per heavy atom. The summed E-state index contributed by atoms with van der Waals surface area (Å²) >= 11 is 0. The van der Waals surface area contributed by atoms with Crippen molar-refractivity contribution in [3.63, 3.8) is 0 Å². The molecule has 1 saturated carbocycles. The molecule has 1 aromatic rings. The van der Waals surface area contributed by atoms with Crippen LogP contribution < -0.4 is 10.6 Å². The van der Waals surface area contributed by atoms with Gasteiger partial charge < -0.3 is 15.5 Å². The minimum absolute atomic E-state index is 0.0364. The highest BCUT2D eigenvalue weighted by Gasteiger charge is 2.30. The van der Waals surface area contributed by atoms with E-state index in [9.17, 15) is 22.8 Å². The summed E-state index contributed by atoms with van der Waals surface area (Å²) in [5.74, 6) is -0.297. The largest absolute Gasteiger partial charge is 0.416 e. The lowest BCUT2D eigenvalue weighted by atomic mass is 9.95.